The summed E-state index contributed by atoms with van der Waals surface area (Å²) < 4.78 is 18.2. The summed E-state index contributed by atoms with van der Waals surface area (Å²) >= 11 is 0. The van der Waals surface area contributed by atoms with Gasteiger partial charge >= 0.3 is 0 Å². The number of benzene rings is 2. The van der Waals surface area contributed by atoms with Gasteiger partial charge in [-0.15, -0.1) is 5.10 Å². The quantitative estimate of drug-likeness (QED) is 0.647. The van der Waals surface area contributed by atoms with E-state index in [0.717, 1.165) is 23.3 Å². The van der Waals surface area contributed by atoms with E-state index in [0.29, 0.717) is 24.9 Å². The van der Waals surface area contributed by atoms with Gasteiger partial charge in [-0.2, -0.15) is 10.1 Å². The number of hydrogen-bond acceptors (Lipinski definition) is 6. The number of methoxy groups -OCH3 is 1. The summed E-state index contributed by atoms with van der Waals surface area (Å²) in [6.07, 6.45) is 2.31. The van der Waals surface area contributed by atoms with Gasteiger partial charge in [-0.05, 0) is 30.2 Å². The van der Waals surface area contributed by atoms with Crippen LogP contribution in [0.5, 0.6) is 5.75 Å². The smallest absolute Gasteiger partial charge is 0.244 e. The molecule has 134 valence electrons. The molecule has 0 aliphatic carbocycles. The van der Waals surface area contributed by atoms with E-state index < -0.39 is 0 Å². The minimum Gasteiger partial charge on any atom is -0.496 e. The van der Waals surface area contributed by atoms with Crippen molar-refractivity contribution in [3.05, 3.63) is 71.7 Å². The first-order chi connectivity index (χ1) is 12.7. The molecule has 26 heavy (non-hydrogen) atoms. The number of nitrogens with zero attached hydrogens (tertiary/aromatic N) is 3. The van der Waals surface area contributed by atoms with Gasteiger partial charge in [0.25, 0.3) is 0 Å². The van der Waals surface area contributed by atoms with Crippen LogP contribution in [0.3, 0.4) is 0 Å². The normalized spacial score (nSPS) is 10.4. The predicted molar refractivity (Wildman–Crippen MR) is 98.7 cm³/mol. The fourth-order valence-electron chi connectivity index (χ4n) is 2.47. The lowest BCUT2D eigenvalue weighted by atomic mass is 10.1. The van der Waals surface area contributed by atoms with Crippen LogP contribution in [0.4, 0.5) is 16.2 Å². The maximum absolute atomic E-state index is 12.9. The number of aromatic nitrogens is 3. The van der Waals surface area contributed by atoms with Crippen LogP contribution in [0.15, 0.2) is 54.7 Å². The number of rotatable bonds is 8. The maximum atomic E-state index is 12.9. The summed E-state index contributed by atoms with van der Waals surface area (Å²) in [7, 11) is 1.65. The first-order valence-corrected chi connectivity index (χ1v) is 8.28. The first kappa shape index (κ1) is 17.6. The molecule has 0 unspecified atom stereocenters. The van der Waals surface area contributed by atoms with Crippen LogP contribution in [0, 0.1) is 5.82 Å². The molecule has 0 spiro atoms. The highest BCUT2D eigenvalue weighted by molar-refractivity contribution is 5.41. The molecule has 0 saturated heterocycles. The van der Waals surface area contributed by atoms with E-state index >= 15 is 0 Å². The third-order valence-corrected chi connectivity index (χ3v) is 3.82. The molecule has 1 aromatic heterocycles. The average Bonchev–Trinajstić information content (AvgIpc) is 2.68. The Balaban J connectivity index is 1.53. The van der Waals surface area contributed by atoms with E-state index in [9.17, 15) is 4.39 Å². The average molecular weight is 353 g/mol. The van der Waals surface area contributed by atoms with Crippen molar-refractivity contribution in [1.82, 2.24) is 15.2 Å². The van der Waals surface area contributed by atoms with Gasteiger partial charge in [-0.3, -0.25) is 0 Å². The highest BCUT2D eigenvalue weighted by Crippen LogP contribution is 2.18. The van der Waals surface area contributed by atoms with E-state index in [4.69, 9.17) is 4.74 Å². The molecule has 0 atom stereocenters. The highest BCUT2D eigenvalue weighted by Gasteiger charge is 2.04. The Labute approximate surface area is 151 Å². The molecule has 0 bridgehead atoms. The monoisotopic (exact) mass is 353 g/mol. The Bertz CT molecular complexity index is 841. The Kier molecular flexibility index (Phi) is 5.92. The summed E-state index contributed by atoms with van der Waals surface area (Å²) in [5, 5.41) is 14.3. The fourth-order valence-corrected chi connectivity index (χ4v) is 2.47. The van der Waals surface area contributed by atoms with Crippen LogP contribution in [0.2, 0.25) is 0 Å². The lowest BCUT2D eigenvalue weighted by molar-refractivity contribution is 0.410. The number of anilines is 2. The highest BCUT2D eigenvalue weighted by atomic mass is 19.1. The summed E-state index contributed by atoms with van der Waals surface area (Å²) in [6, 6.07) is 14.2. The molecule has 7 heteroatoms. The molecule has 3 rings (SSSR count). The summed E-state index contributed by atoms with van der Waals surface area (Å²) in [6.45, 7) is 1.20. The minimum absolute atomic E-state index is 0.233. The van der Waals surface area contributed by atoms with Crippen LogP contribution in [-0.2, 0) is 13.0 Å². The number of halogens is 1. The molecule has 3 aromatic rings. The second-order valence-corrected chi connectivity index (χ2v) is 5.63. The molecule has 0 radical (unpaired) electrons. The van der Waals surface area contributed by atoms with Crippen LogP contribution < -0.4 is 15.4 Å². The molecule has 2 N–H and O–H groups in total. The van der Waals surface area contributed by atoms with Gasteiger partial charge in [0, 0.05) is 18.7 Å². The third-order valence-electron chi connectivity index (χ3n) is 3.82. The van der Waals surface area contributed by atoms with Crippen LogP contribution in [-0.4, -0.2) is 28.8 Å². The van der Waals surface area contributed by atoms with Crippen molar-refractivity contribution in [1.29, 1.82) is 0 Å². The second-order valence-electron chi connectivity index (χ2n) is 5.63. The van der Waals surface area contributed by atoms with Crippen molar-refractivity contribution in [3.63, 3.8) is 0 Å². The molecule has 0 aliphatic rings. The van der Waals surface area contributed by atoms with E-state index in [1.807, 2.05) is 24.3 Å². The van der Waals surface area contributed by atoms with E-state index in [1.165, 1.54) is 12.1 Å². The predicted octanol–water partition coefficient (Wildman–Crippen LogP) is 3.29. The van der Waals surface area contributed by atoms with Gasteiger partial charge in [0.05, 0.1) is 13.3 Å². The molecule has 0 aliphatic heterocycles. The van der Waals surface area contributed by atoms with Crippen molar-refractivity contribution in [3.8, 4) is 5.75 Å². The first-order valence-electron chi connectivity index (χ1n) is 8.28. The van der Waals surface area contributed by atoms with E-state index in [1.54, 1.807) is 25.4 Å². The maximum Gasteiger partial charge on any atom is 0.244 e. The zero-order chi connectivity index (χ0) is 18.2. The van der Waals surface area contributed by atoms with Crippen molar-refractivity contribution in [2.45, 2.75) is 13.0 Å². The largest absolute Gasteiger partial charge is 0.496 e. The van der Waals surface area contributed by atoms with Gasteiger partial charge < -0.3 is 15.4 Å². The minimum atomic E-state index is -0.233. The molecule has 6 nitrogen and oxygen atoms in total. The van der Waals surface area contributed by atoms with Gasteiger partial charge in [0.1, 0.15) is 11.6 Å². The topological polar surface area (TPSA) is 72.0 Å². The number of hydrogen-bond donors (Lipinski definition) is 2. The van der Waals surface area contributed by atoms with Crippen molar-refractivity contribution in [2.24, 2.45) is 0 Å². The second kappa shape index (κ2) is 8.75. The SMILES string of the molecule is COc1ccccc1CNc1cnnc(NCCc2ccc(F)cc2)n1. The lowest BCUT2D eigenvalue weighted by Crippen LogP contribution is -2.11. The van der Waals surface area contributed by atoms with Crippen LogP contribution >= 0.6 is 0 Å². The van der Waals surface area contributed by atoms with Crippen molar-refractivity contribution < 1.29 is 9.13 Å². The fraction of sp³-hybridized carbons (Fsp3) is 0.211. The van der Waals surface area contributed by atoms with Gasteiger partial charge in [-0.1, -0.05) is 30.3 Å². The summed E-state index contributed by atoms with van der Waals surface area (Å²) in [5.41, 5.74) is 2.07. The van der Waals surface area contributed by atoms with Gasteiger partial charge in [-0.25, -0.2) is 4.39 Å². The Morgan fingerprint density at radius 1 is 1.04 bits per heavy atom. The zero-order valence-corrected chi connectivity index (χ0v) is 14.4. The van der Waals surface area contributed by atoms with Crippen molar-refractivity contribution >= 4 is 11.8 Å². The molecule has 2 aromatic carbocycles. The van der Waals surface area contributed by atoms with Crippen LogP contribution in [0.25, 0.3) is 0 Å². The molecule has 0 fully saturated rings. The van der Waals surface area contributed by atoms with E-state index in [-0.39, 0.29) is 5.82 Å². The van der Waals surface area contributed by atoms with Gasteiger partial charge in [0.2, 0.25) is 5.95 Å². The summed E-state index contributed by atoms with van der Waals surface area (Å²) in [5.74, 6) is 1.65. The molecule has 0 saturated carbocycles. The lowest BCUT2D eigenvalue weighted by Gasteiger charge is -2.10. The van der Waals surface area contributed by atoms with E-state index in [2.05, 4.69) is 25.8 Å². The Hall–Kier alpha value is -3.22. The third kappa shape index (κ3) is 4.89. The molecular weight excluding hydrogens is 333 g/mol. The van der Waals surface area contributed by atoms with Crippen LogP contribution in [0.1, 0.15) is 11.1 Å². The molecular formula is C19H20FN5O. The van der Waals surface area contributed by atoms with Crippen molar-refractivity contribution in [2.75, 3.05) is 24.3 Å². The summed E-state index contributed by atoms with van der Waals surface area (Å²) in [4.78, 5) is 4.39. The molecule has 0 amide bonds. The number of ether oxygens (including phenoxy) is 1. The number of nitrogens with one attached hydrogen (secondary N) is 2. The Morgan fingerprint density at radius 3 is 2.65 bits per heavy atom. The standard InChI is InChI=1S/C19H20FN5O/c1-26-17-5-3-2-4-15(17)12-22-18-13-23-25-19(24-18)21-11-10-14-6-8-16(20)9-7-14/h2-9,13H,10-12H2,1H3,(H2,21,22,24,25). The molecule has 1 heterocycles. The zero-order valence-electron chi connectivity index (χ0n) is 14.4. The van der Waals surface area contributed by atoms with Gasteiger partial charge in [0.15, 0.2) is 5.82 Å². The number of para-hydroxylation sites is 1. The Morgan fingerprint density at radius 2 is 1.85 bits per heavy atom.